The summed E-state index contributed by atoms with van der Waals surface area (Å²) in [6.45, 7) is 14.3. The van der Waals surface area contributed by atoms with Gasteiger partial charge < -0.3 is 14.2 Å². The van der Waals surface area contributed by atoms with Gasteiger partial charge in [0.1, 0.15) is 17.1 Å². The average molecular weight is 628 g/mol. The van der Waals surface area contributed by atoms with E-state index in [9.17, 15) is 14.4 Å². The molecule has 2 aliphatic heterocycles. The Bertz CT molecular complexity index is 1300. The first-order valence-corrected chi connectivity index (χ1v) is 16.9. The summed E-state index contributed by atoms with van der Waals surface area (Å²) in [5, 5.41) is 4.10. The maximum absolute atomic E-state index is 14.1. The summed E-state index contributed by atoms with van der Waals surface area (Å²) >= 11 is 1.48. The molecule has 0 amide bonds. The number of methoxy groups -OCH3 is 1. The average Bonchev–Trinajstić information content (AvgIpc) is 3.56. The number of hydrogen-bond donors (Lipinski definition) is 0. The number of pyridine rings is 1. The predicted molar refractivity (Wildman–Crippen MR) is 171 cm³/mol. The molecule has 4 rings (SSSR count). The number of thioether (sulfide) groups is 1. The van der Waals surface area contributed by atoms with Gasteiger partial charge in [-0.1, -0.05) is 34.6 Å². The van der Waals surface area contributed by atoms with Crippen LogP contribution in [0.1, 0.15) is 74.1 Å². The molecule has 2 fully saturated rings. The van der Waals surface area contributed by atoms with E-state index in [0.29, 0.717) is 31.6 Å². The van der Waals surface area contributed by atoms with Crippen molar-refractivity contribution in [2.24, 2.45) is 29.6 Å². The van der Waals surface area contributed by atoms with E-state index >= 15 is 0 Å². The van der Waals surface area contributed by atoms with Crippen LogP contribution >= 0.6 is 11.8 Å². The zero-order valence-corrected chi connectivity index (χ0v) is 28.3. The van der Waals surface area contributed by atoms with Gasteiger partial charge in [0.2, 0.25) is 0 Å². The van der Waals surface area contributed by atoms with Gasteiger partial charge >= 0.3 is 11.9 Å². The third-order valence-corrected chi connectivity index (χ3v) is 10.9. The second-order valence-electron chi connectivity index (χ2n) is 13.4. The van der Waals surface area contributed by atoms with Gasteiger partial charge in [-0.2, -0.15) is 5.10 Å². The van der Waals surface area contributed by atoms with E-state index in [-0.39, 0.29) is 35.5 Å². The minimum atomic E-state index is -1.14. The Morgan fingerprint density at radius 1 is 1.02 bits per heavy atom. The Kier molecular flexibility index (Phi) is 11.0. The van der Waals surface area contributed by atoms with Crippen molar-refractivity contribution >= 4 is 29.5 Å². The van der Waals surface area contributed by atoms with E-state index in [2.05, 4.69) is 17.0 Å². The Morgan fingerprint density at radius 2 is 1.73 bits per heavy atom. The summed E-state index contributed by atoms with van der Waals surface area (Å²) in [7, 11) is 1.69. The molecular formula is C34H49N3O6S. The molecule has 10 heteroatoms. The molecule has 9 atom stereocenters. The lowest BCUT2D eigenvalue weighted by atomic mass is 9.70. The van der Waals surface area contributed by atoms with Crippen molar-refractivity contribution in [1.29, 1.82) is 0 Å². The molecule has 9 unspecified atom stereocenters. The molecule has 0 spiro atoms. The molecule has 4 heterocycles. The van der Waals surface area contributed by atoms with Crippen LogP contribution < -0.4 is 0 Å². The largest absolute Gasteiger partial charge is 0.458 e. The smallest absolute Gasteiger partial charge is 0.320 e. The zero-order valence-electron chi connectivity index (χ0n) is 27.4. The second kappa shape index (κ2) is 14.1. The fourth-order valence-corrected chi connectivity index (χ4v) is 8.89. The van der Waals surface area contributed by atoms with Gasteiger partial charge in [0.25, 0.3) is 0 Å². The van der Waals surface area contributed by atoms with Gasteiger partial charge in [0.15, 0.2) is 5.60 Å². The highest BCUT2D eigenvalue weighted by Crippen LogP contribution is 2.48. The first-order chi connectivity index (χ1) is 20.8. The van der Waals surface area contributed by atoms with E-state index in [1.807, 2.05) is 70.6 Å². The highest BCUT2D eigenvalue weighted by atomic mass is 32.2. The number of esters is 2. The van der Waals surface area contributed by atoms with Crippen molar-refractivity contribution in [3.63, 3.8) is 0 Å². The number of ether oxygens (including phenoxy) is 3. The molecule has 242 valence electrons. The Morgan fingerprint density at radius 3 is 2.39 bits per heavy atom. The van der Waals surface area contributed by atoms with E-state index in [1.54, 1.807) is 19.5 Å². The monoisotopic (exact) mass is 627 g/mol. The third-order valence-electron chi connectivity index (χ3n) is 9.69. The van der Waals surface area contributed by atoms with Crippen LogP contribution in [0, 0.1) is 29.6 Å². The SMILES string of the molecule is CCC1OC(=O)C(C)CC(C)CC(C)(OC)CC(C)C(=O)C(C)C2C(SCCn3ccc(-c4ccncc4)n3)C(=O)OC12C. The molecule has 9 nitrogen and oxygen atoms in total. The number of cyclic esters (lactones) is 1. The number of hydrogen-bond acceptors (Lipinski definition) is 9. The first kappa shape index (κ1) is 34.2. The minimum Gasteiger partial charge on any atom is -0.458 e. The number of rotatable bonds is 7. The normalized spacial score (nSPS) is 35.5. The summed E-state index contributed by atoms with van der Waals surface area (Å²) < 4.78 is 20.1. The standard InChI is InChI=1S/C34H49N3O6S/c1-9-27-34(7)28(24(5)29(38)23(4)20-33(6,41-8)19-21(2)18-22(3)31(39)42-27)30(32(40)43-34)44-17-16-37-15-12-26(36-37)25-10-13-35-14-11-25/h10-15,21-24,27-28,30H,9,16-20H2,1-8H3. The molecule has 2 aliphatic rings. The second-order valence-corrected chi connectivity index (χ2v) is 14.6. The predicted octanol–water partition coefficient (Wildman–Crippen LogP) is 6.00. The van der Waals surface area contributed by atoms with E-state index in [4.69, 9.17) is 14.2 Å². The van der Waals surface area contributed by atoms with Gasteiger partial charge in [-0.25, -0.2) is 0 Å². The van der Waals surface area contributed by atoms with Crippen LogP contribution in [0.2, 0.25) is 0 Å². The van der Waals surface area contributed by atoms with Crippen molar-refractivity contribution < 1.29 is 28.6 Å². The maximum atomic E-state index is 14.1. The number of aryl methyl sites for hydroxylation is 1. The van der Waals surface area contributed by atoms with Crippen LogP contribution in [0.5, 0.6) is 0 Å². The molecule has 0 N–H and O–H groups in total. The van der Waals surface area contributed by atoms with E-state index in [0.717, 1.165) is 17.7 Å². The zero-order chi connectivity index (χ0) is 32.2. The fourth-order valence-electron chi connectivity index (χ4n) is 7.44. The van der Waals surface area contributed by atoms with Gasteiger partial charge in [-0.3, -0.25) is 24.0 Å². The van der Waals surface area contributed by atoms with Gasteiger partial charge in [-0.05, 0) is 63.6 Å². The molecule has 0 saturated carbocycles. The lowest BCUT2D eigenvalue weighted by Gasteiger charge is -2.41. The van der Waals surface area contributed by atoms with Crippen molar-refractivity contribution in [2.45, 2.75) is 103 Å². The molecule has 2 aromatic heterocycles. The van der Waals surface area contributed by atoms with Crippen LogP contribution in [-0.2, 0) is 35.1 Å². The summed E-state index contributed by atoms with van der Waals surface area (Å²) in [4.78, 5) is 45.2. The molecule has 0 radical (unpaired) electrons. The Labute approximate surface area is 266 Å². The van der Waals surface area contributed by atoms with Crippen LogP contribution in [0.4, 0.5) is 0 Å². The lowest BCUT2D eigenvalue weighted by molar-refractivity contribution is -0.183. The van der Waals surface area contributed by atoms with Gasteiger partial charge in [-0.15, -0.1) is 11.8 Å². The Hall–Kier alpha value is -2.72. The molecule has 0 aliphatic carbocycles. The van der Waals surface area contributed by atoms with Gasteiger partial charge in [0.05, 0.1) is 17.2 Å². The number of ketones is 1. The third kappa shape index (κ3) is 7.39. The topological polar surface area (TPSA) is 110 Å². The fraction of sp³-hybridized carbons (Fsp3) is 0.676. The van der Waals surface area contributed by atoms with Crippen LogP contribution in [-0.4, -0.2) is 67.9 Å². The van der Waals surface area contributed by atoms with Crippen molar-refractivity contribution in [2.75, 3.05) is 12.9 Å². The van der Waals surface area contributed by atoms with Crippen LogP contribution in [0.15, 0.2) is 36.8 Å². The molecule has 0 bridgehead atoms. The number of carbonyl (C=O) groups excluding carboxylic acids is 3. The molecular weight excluding hydrogens is 578 g/mol. The number of carbonyl (C=O) groups is 3. The summed E-state index contributed by atoms with van der Waals surface area (Å²) in [5.41, 5.74) is 0.167. The molecule has 2 aromatic rings. The van der Waals surface area contributed by atoms with E-state index in [1.165, 1.54) is 11.8 Å². The quantitative estimate of drug-likeness (QED) is 0.341. The van der Waals surface area contributed by atoms with Gasteiger partial charge in [0, 0.05) is 61.3 Å². The maximum Gasteiger partial charge on any atom is 0.320 e. The Balaban J connectivity index is 1.61. The van der Waals surface area contributed by atoms with E-state index < -0.39 is 34.4 Å². The number of Topliss-reactive ketones (excluding diaryl/α,β-unsaturated/α-hetero) is 1. The van der Waals surface area contributed by atoms with Crippen LogP contribution in [0.25, 0.3) is 11.3 Å². The number of fused-ring (bicyclic) bond motifs is 1. The molecule has 44 heavy (non-hydrogen) atoms. The minimum absolute atomic E-state index is 0.0710. The number of aromatic nitrogens is 3. The molecule has 2 saturated heterocycles. The van der Waals surface area contributed by atoms with Crippen molar-refractivity contribution in [3.8, 4) is 11.3 Å². The van der Waals surface area contributed by atoms with Crippen molar-refractivity contribution in [1.82, 2.24) is 14.8 Å². The lowest BCUT2D eigenvalue weighted by Crippen LogP contribution is -2.52. The highest BCUT2D eigenvalue weighted by Gasteiger charge is 2.61. The highest BCUT2D eigenvalue weighted by molar-refractivity contribution is 8.00. The summed E-state index contributed by atoms with van der Waals surface area (Å²) in [6, 6.07) is 5.78. The number of nitrogens with zero attached hydrogens (tertiary/aromatic N) is 3. The van der Waals surface area contributed by atoms with Crippen LogP contribution in [0.3, 0.4) is 0 Å². The van der Waals surface area contributed by atoms with Crippen molar-refractivity contribution in [3.05, 3.63) is 36.8 Å². The summed E-state index contributed by atoms with van der Waals surface area (Å²) in [5.74, 6) is -1.42. The summed E-state index contributed by atoms with van der Waals surface area (Å²) in [6.07, 6.45) is 7.12. The molecule has 0 aromatic carbocycles. The first-order valence-electron chi connectivity index (χ1n) is 15.9.